The molecule has 1 unspecified atom stereocenters. The molecule has 1 fully saturated rings. The van der Waals surface area contributed by atoms with Crippen LogP contribution in [0.25, 0.3) is 10.9 Å². The van der Waals surface area contributed by atoms with Gasteiger partial charge in [-0.25, -0.2) is 4.39 Å². The van der Waals surface area contributed by atoms with E-state index in [0.717, 1.165) is 42.6 Å². The summed E-state index contributed by atoms with van der Waals surface area (Å²) in [6, 6.07) is 4.91. The van der Waals surface area contributed by atoms with Crippen LogP contribution in [0.1, 0.15) is 65.1 Å². The number of halogens is 4. The number of rotatable bonds is 8. The largest absolute Gasteiger partial charge is 0.406 e. The first-order chi connectivity index (χ1) is 19.1. The van der Waals surface area contributed by atoms with Gasteiger partial charge in [-0.3, -0.25) is 0 Å². The normalized spacial score (nSPS) is 18.2. The van der Waals surface area contributed by atoms with Crippen molar-refractivity contribution in [3.8, 4) is 11.8 Å². The Balaban J connectivity index is 0.00000216. The van der Waals surface area contributed by atoms with Crippen LogP contribution in [0, 0.1) is 29.5 Å². The Kier molecular flexibility index (Phi) is 11.3. The van der Waals surface area contributed by atoms with Gasteiger partial charge in [0.25, 0.3) is 0 Å². The fraction of sp³-hybridized carbons (Fsp3) is 0.562. The van der Waals surface area contributed by atoms with E-state index >= 15 is 4.39 Å². The molecule has 0 radical (unpaired) electrons. The van der Waals surface area contributed by atoms with Gasteiger partial charge in [-0.15, -0.1) is 0 Å². The van der Waals surface area contributed by atoms with Crippen LogP contribution in [0.2, 0.25) is 0 Å². The maximum absolute atomic E-state index is 15.5. The first-order valence-electron chi connectivity index (χ1n) is 14.5. The summed E-state index contributed by atoms with van der Waals surface area (Å²) in [5.74, 6) is 6.18. The summed E-state index contributed by atoms with van der Waals surface area (Å²) < 4.78 is 56.8. The summed E-state index contributed by atoms with van der Waals surface area (Å²) in [4.78, 5) is 2.26. The minimum absolute atomic E-state index is 0.158. The van der Waals surface area contributed by atoms with E-state index < -0.39 is 18.5 Å². The van der Waals surface area contributed by atoms with Crippen molar-refractivity contribution in [2.45, 2.75) is 79.2 Å². The van der Waals surface area contributed by atoms with E-state index in [1.165, 1.54) is 11.6 Å². The van der Waals surface area contributed by atoms with Crippen molar-refractivity contribution >= 4 is 10.9 Å². The first-order valence-corrected chi connectivity index (χ1v) is 14.5. The maximum atomic E-state index is 15.5. The molecule has 2 heterocycles. The molecule has 8 heteroatoms. The second-order valence-electron chi connectivity index (χ2n) is 10.8. The number of allylic oxidation sites excluding steroid dienone is 3. The standard InChI is InChI=1S/C30H38F4N4.C2H6/c1-5-21-15-23(20(2)3)16-27(21)35-12-6-7-25-17-26-28(38(25)19-30(32,33)34)9-8-22(29(26)31)18-36-24-10-13-37(4)14-11-24;1-2/h8-9,15-17,20,23-24,35-36H,5,10-14,18-19H2,1-4H3;1-2H3. The Morgan fingerprint density at radius 1 is 1.10 bits per heavy atom. The fourth-order valence-electron chi connectivity index (χ4n) is 5.21. The van der Waals surface area contributed by atoms with Crippen LogP contribution in [0.4, 0.5) is 17.6 Å². The lowest BCUT2D eigenvalue weighted by Gasteiger charge is -2.29. The number of benzene rings is 1. The van der Waals surface area contributed by atoms with Crippen LogP contribution in [0.5, 0.6) is 0 Å². The molecule has 0 spiro atoms. The SMILES string of the molecule is CC.CCC1=CC(C(C)C)C=C1NCC#Cc1cc2c(F)c(CNC3CCN(C)CC3)ccc2n1CC(F)(F)F. The molecule has 40 heavy (non-hydrogen) atoms. The van der Waals surface area contributed by atoms with Gasteiger partial charge in [0.05, 0.1) is 17.8 Å². The van der Waals surface area contributed by atoms with E-state index in [1.54, 1.807) is 12.1 Å². The van der Waals surface area contributed by atoms with E-state index in [0.29, 0.717) is 30.0 Å². The van der Waals surface area contributed by atoms with Crippen LogP contribution < -0.4 is 10.6 Å². The van der Waals surface area contributed by atoms with E-state index in [2.05, 4.69) is 67.3 Å². The van der Waals surface area contributed by atoms with E-state index in [-0.39, 0.29) is 23.1 Å². The number of hydrogen-bond donors (Lipinski definition) is 2. The molecular formula is C32H44F4N4. The van der Waals surface area contributed by atoms with Crippen LogP contribution in [0.15, 0.2) is 41.6 Å². The van der Waals surface area contributed by atoms with Gasteiger partial charge in [0.15, 0.2) is 0 Å². The van der Waals surface area contributed by atoms with Crippen LogP contribution in [-0.2, 0) is 13.1 Å². The quantitative estimate of drug-likeness (QED) is 0.269. The average molecular weight is 561 g/mol. The van der Waals surface area contributed by atoms with E-state index in [4.69, 9.17) is 0 Å². The van der Waals surface area contributed by atoms with Crippen molar-refractivity contribution in [3.05, 3.63) is 58.7 Å². The molecule has 4 nitrogen and oxygen atoms in total. The van der Waals surface area contributed by atoms with Gasteiger partial charge in [-0.2, -0.15) is 13.2 Å². The molecule has 2 aromatic rings. The zero-order chi connectivity index (χ0) is 29.4. The lowest BCUT2D eigenvalue weighted by molar-refractivity contribution is -0.140. The highest BCUT2D eigenvalue weighted by Gasteiger charge is 2.30. The Labute approximate surface area is 236 Å². The molecule has 1 aliphatic carbocycles. The number of alkyl halides is 3. The van der Waals surface area contributed by atoms with Gasteiger partial charge < -0.3 is 20.1 Å². The lowest BCUT2D eigenvalue weighted by atomic mass is 9.97. The Morgan fingerprint density at radius 3 is 2.42 bits per heavy atom. The second-order valence-corrected chi connectivity index (χ2v) is 10.8. The van der Waals surface area contributed by atoms with Crippen molar-refractivity contribution < 1.29 is 17.6 Å². The average Bonchev–Trinajstić information content (AvgIpc) is 3.49. The summed E-state index contributed by atoms with van der Waals surface area (Å²) >= 11 is 0. The van der Waals surface area contributed by atoms with Crippen LogP contribution in [-0.4, -0.2) is 48.4 Å². The lowest BCUT2D eigenvalue weighted by Crippen LogP contribution is -2.40. The number of hydrogen-bond acceptors (Lipinski definition) is 3. The predicted molar refractivity (Wildman–Crippen MR) is 156 cm³/mol. The zero-order valence-electron chi connectivity index (χ0n) is 24.7. The predicted octanol–water partition coefficient (Wildman–Crippen LogP) is 7.00. The topological polar surface area (TPSA) is 32.2 Å². The van der Waals surface area contributed by atoms with Gasteiger partial charge in [-0.05, 0) is 74.9 Å². The second kappa shape index (κ2) is 14.2. The van der Waals surface area contributed by atoms with Crippen LogP contribution in [0.3, 0.4) is 0 Å². The summed E-state index contributed by atoms with van der Waals surface area (Å²) in [6.45, 7) is 11.8. The highest BCUT2D eigenvalue weighted by atomic mass is 19.4. The Morgan fingerprint density at radius 2 is 1.80 bits per heavy atom. The molecule has 1 atom stereocenters. The summed E-state index contributed by atoms with van der Waals surface area (Å²) in [5, 5.41) is 6.89. The zero-order valence-corrected chi connectivity index (χ0v) is 24.7. The fourth-order valence-corrected chi connectivity index (χ4v) is 5.21. The molecule has 2 N–H and O–H groups in total. The molecule has 1 saturated heterocycles. The molecule has 220 valence electrons. The third-order valence-electron chi connectivity index (χ3n) is 7.57. The molecule has 1 aromatic carbocycles. The van der Waals surface area contributed by atoms with Gasteiger partial charge in [0, 0.05) is 29.2 Å². The molecule has 1 aromatic heterocycles. The highest BCUT2D eigenvalue weighted by Crippen LogP contribution is 2.30. The monoisotopic (exact) mass is 560 g/mol. The van der Waals surface area contributed by atoms with E-state index in [1.807, 2.05) is 13.8 Å². The number of nitrogens with one attached hydrogen (secondary N) is 2. The third-order valence-corrected chi connectivity index (χ3v) is 7.57. The minimum Gasteiger partial charge on any atom is -0.374 e. The molecular weight excluding hydrogens is 516 g/mol. The molecule has 0 saturated carbocycles. The van der Waals surface area contributed by atoms with E-state index in [9.17, 15) is 13.2 Å². The van der Waals surface area contributed by atoms with Crippen LogP contribution >= 0.6 is 0 Å². The number of fused-ring (bicyclic) bond motifs is 1. The van der Waals surface area contributed by atoms with Crippen molar-refractivity contribution in [1.82, 2.24) is 20.1 Å². The highest BCUT2D eigenvalue weighted by molar-refractivity contribution is 5.84. The molecule has 2 aliphatic rings. The number of piperidine rings is 1. The number of likely N-dealkylation sites (tertiary alicyclic amines) is 1. The smallest absolute Gasteiger partial charge is 0.374 e. The van der Waals surface area contributed by atoms with Gasteiger partial charge in [0.2, 0.25) is 0 Å². The Bertz CT molecular complexity index is 1250. The molecule has 0 amide bonds. The summed E-state index contributed by atoms with van der Waals surface area (Å²) in [7, 11) is 2.08. The maximum Gasteiger partial charge on any atom is 0.406 e. The first kappa shape index (κ1) is 31.8. The summed E-state index contributed by atoms with van der Waals surface area (Å²) in [5.41, 5.74) is 3.07. The van der Waals surface area contributed by atoms with Crippen molar-refractivity contribution in [1.29, 1.82) is 0 Å². The van der Waals surface area contributed by atoms with Crippen molar-refractivity contribution in [3.63, 3.8) is 0 Å². The molecule has 0 bridgehead atoms. The van der Waals surface area contributed by atoms with Crippen molar-refractivity contribution in [2.24, 2.45) is 11.8 Å². The number of aromatic nitrogens is 1. The van der Waals surface area contributed by atoms with Gasteiger partial charge in [0.1, 0.15) is 12.4 Å². The third kappa shape index (κ3) is 8.14. The molecule has 1 aliphatic heterocycles. The number of nitrogens with zero attached hydrogens (tertiary/aromatic N) is 2. The molecule has 4 rings (SSSR count). The Hall–Kier alpha value is -2.76. The minimum atomic E-state index is -4.45. The summed E-state index contributed by atoms with van der Waals surface area (Å²) in [6.07, 6.45) is 2.85. The van der Waals surface area contributed by atoms with Crippen molar-refractivity contribution in [2.75, 3.05) is 26.7 Å². The van der Waals surface area contributed by atoms with Gasteiger partial charge in [-0.1, -0.05) is 58.8 Å². The van der Waals surface area contributed by atoms with Gasteiger partial charge >= 0.3 is 6.18 Å².